The molecule has 1 aliphatic heterocycles. The molecule has 15 heavy (non-hydrogen) atoms. The summed E-state index contributed by atoms with van der Waals surface area (Å²) in [6.07, 6.45) is 1.53. The highest BCUT2D eigenvalue weighted by Gasteiger charge is 2.35. The molecule has 0 aromatic rings. The lowest BCUT2D eigenvalue weighted by atomic mass is 10.1. The van der Waals surface area contributed by atoms with Crippen molar-refractivity contribution < 1.29 is 9.53 Å². The first-order valence-electron chi connectivity index (χ1n) is 5.60. The van der Waals surface area contributed by atoms with Gasteiger partial charge in [-0.25, -0.2) is 4.79 Å². The maximum absolute atomic E-state index is 11.8. The number of likely N-dealkylation sites (tertiary alicyclic amines) is 1. The first kappa shape index (κ1) is 12.3. The highest BCUT2D eigenvalue weighted by atomic mass is 16.6. The summed E-state index contributed by atoms with van der Waals surface area (Å²) in [5, 5.41) is 0. The molecule has 0 saturated carbocycles. The van der Waals surface area contributed by atoms with Crippen molar-refractivity contribution in [3.8, 4) is 0 Å². The Labute approximate surface area is 91.8 Å². The number of carbonyl (C=O) groups excluding carboxylic acids is 1. The minimum atomic E-state index is -0.429. The lowest BCUT2D eigenvalue weighted by molar-refractivity contribution is 0.0217. The van der Waals surface area contributed by atoms with Gasteiger partial charge >= 0.3 is 6.09 Å². The van der Waals surface area contributed by atoms with Crippen LogP contribution < -0.4 is 5.73 Å². The monoisotopic (exact) mass is 214 g/mol. The Morgan fingerprint density at radius 2 is 2.13 bits per heavy atom. The van der Waals surface area contributed by atoms with Crippen molar-refractivity contribution in [1.82, 2.24) is 4.90 Å². The fourth-order valence-corrected chi connectivity index (χ4v) is 1.95. The Hall–Kier alpha value is -0.770. The van der Waals surface area contributed by atoms with Gasteiger partial charge in [0, 0.05) is 18.6 Å². The Morgan fingerprint density at radius 3 is 2.60 bits per heavy atom. The molecule has 1 fully saturated rings. The molecule has 0 aromatic carbocycles. The molecule has 2 atom stereocenters. The summed E-state index contributed by atoms with van der Waals surface area (Å²) < 4.78 is 5.33. The van der Waals surface area contributed by atoms with E-state index in [1.165, 1.54) is 0 Å². The zero-order valence-electron chi connectivity index (χ0n) is 10.1. The SMILES string of the molecule is CCC1C(N)CCN1C(=O)OC(C)(C)C. The van der Waals surface area contributed by atoms with Gasteiger partial charge in [-0.2, -0.15) is 0 Å². The van der Waals surface area contributed by atoms with Gasteiger partial charge in [-0.1, -0.05) is 6.92 Å². The second-order valence-electron chi connectivity index (χ2n) is 5.10. The van der Waals surface area contributed by atoms with Gasteiger partial charge in [-0.05, 0) is 33.6 Å². The number of ether oxygens (including phenoxy) is 1. The van der Waals surface area contributed by atoms with Crippen LogP contribution in [0.3, 0.4) is 0 Å². The number of hydrogen-bond donors (Lipinski definition) is 1. The molecule has 0 radical (unpaired) electrons. The predicted octanol–water partition coefficient (Wildman–Crippen LogP) is 1.73. The molecule has 4 heteroatoms. The van der Waals surface area contributed by atoms with Crippen LogP contribution >= 0.6 is 0 Å². The summed E-state index contributed by atoms with van der Waals surface area (Å²) >= 11 is 0. The van der Waals surface area contributed by atoms with E-state index in [2.05, 4.69) is 0 Å². The fraction of sp³-hybridized carbons (Fsp3) is 0.909. The summed E-state index contributed by atoms with van der Waals surface area (Å²) in [6.45, 7) is 8.40. The van der Waals surface area contributed by atoms with Gasteiger partial charge in [-0.15, -0.1) is 0 Å². The van der Waals surface area contributed by atoms with E-state index in [1.807, 2.05) is 27.7 Å². The van der Waals surface area contributed by atoms with Gasteiger partial charge in [0.15, 0.2) is 0 Å². The Balaban J connectivity index is 2.60. The zero-order valence-corrected chi connectivity index (χ0v) is 10.1. The number of carbonyl (C=O) groups is 1. The van der Waals surface area contributed by atoms with E-state index in [4.69, 9.17) is 10.5 Å². The molecule has 2 unspecified atom stereocenters. The minimum absolute atomic E-state index is 0.0996. The van der Waals surface area contributed by atoms with E-state index in [-0.39, 0.29) is 18.2 Å². The van der Waals surface area contributed by atoms with E-state index in [0.29, 0.717) is 6.54 Å². The molecule has 88 valence electrons. The quantitative estimate of drug-likeness (QED) is 0.723. The number of rotatable bonds is 1. The van der Waals surface area contributed by atoms with Crippen LogP contribution in [0.2, 0.25) is 0 Å². The molecular formula is C11H22N2O2. The fourth-order valence-electron chi connectivity index (χ4n) is 1.95. The molecule has 1 saturated heterocycles. The number of nitrogens with zero attached hydrogens (tertiary/aromatic N) is 1. The van der Waals surface area contributed by atoms with Crippen molar-refractivity contribution in [3.05, 3.63) is 0 Å². The third-order valence-corrected chi connectivity index (χ3v) is 2.64. The van der Waals surface area contributed by atoms with Crippen molar-refractivity contribution in [2.75, 3.05) is 6.54 Å². The summed E-state index contributed by atoms with van der Waals surface area (Å²) in [4.78, 5) is 13.6. The van der Waals surface area contributed by atoms with E-state index in [0.717, 1.165) is 12.8 Å². The largest absolute Gasteiger partial charge is 0.444 e. The van der Waals surface area contributed by atoms with Crippen LogP contribution in [-0.2, 0) is 4.74 Å². The molecule has 2 N–H and O–H groups in total. The maximum atomic E-state index is 11.8. The molecule has 1 amide bonds. The van der Waals surface area contributed by atoms with Gasteiger partial charge in [-0.3, -0.25) is 0 Å². The van der Waals surface area contributed by atoms with Crippen molar-refractivity contribution in [1.29, 1.82) is 0 Å². The van der Waals surface area contributed by atoms with Crippen LogP contribution in [0.5, 0.6) is 0 Å². The molecular weight excluding hydrogens is 192 g/mol. The van der Waals surface area contributed by atoms with Crippen LogP contribution in [0.1, 0.15) is 40.5 Å². The van der Waals surface area contributed by atoms with E-state index < -0.39 is 5.60 Å². The summed E-state index contributed by atoms with van der Waals surface area (Å²) in [5.74, 6) is 0. The Kier molecular flexibility index (Phi) is 3.60. The predicted molar refractivity (Wildman–Crippen MR) is 59.6 cm³/mol. The molecule has 0 spiro atoms. The van der Waals surface area contributed by atoms with Gasteiger partial charge in [0.05, 0.1) is 0 Å². The summed E-state index contributed by atoms with van der Waals surface area (Å²) in [6, 6.07) is 0.238. The number of hydrogen-bond acceptors (Lipinski definition) is 3. The van der Waals surface area contributed by atoms with Crippen molar-refractivity contribution in [2.45, 2.75) is 58.2 Å². The summed E-state index contributed by atoms with van der Waals surface area (Å²) in [7, 11) is 0. The van der Waals surface area contributed by atoms with E-state index in [1.54, 1.807) is 4.90 Å². The van der Waals surface area contributed by atoms with E-state index in [9.17, 15) is 4.79 Å². The molecule has 0 bridgehead atoms. The molecule has 1 rings (SSSR count). The van der Waals surface area contributed by atoms with Crippen LogP contribution in [0, 0.1) is 0 Å². The van der Waals surface area contributed by atoms with Gasteiger partial charge in [0.25, 0.3) is 0 Å². The van der Waals surface area contributed by atoms with Crippen LogP contribution in [-0.4, -0.2) is 35.2 Å². The lowest BCUT2D eigenvalue weighted by Crippen LogP contribution is -2.44. The van der Waals surface area contributed by atoms with Gasteiger partial charge < -0.3 is 15.4 Å². The zero-order chi connectivity index (χ0) is 11.6. The first-order chi connectivity index (χ1) is 6.85. The van der Waals surface area contributed by atoms with Gasteiger partial charge in [0.1, 0.15) is 5.60 Å². The standard InChI is InChI=1S/C11H22N2O2/c1-5-9-8(12)6-7-13(9)10(14)15-11(2,3)4/h8-9H,5-7,12H2,1-4H3. The second-order valence-corrected chi connectivity index (χ2v) is 5.10. The topological polar surface area (TPSA) is 55.6 Å². The third-order valence-electron chi connectivity index (χ3n) is 2.64. The highest BCUT2D eigenvalue weighted by molar-refractivity contribution is 5.69. The molecule has 1 aliphatic rings. The molecule has 0 aromatic heterocycles. The molecule has 1 heterocycles. The maximum Gasteiger partial charge on any atom is 0.410 e. The first-order valence-corrected chi connectivity index (χ1v) is 5.60. The Morgan fingerprint density at radius 1 is 1.53 bits per heavy atom. The van der Waals surface area contributed by atoms with Crippen molar-refractivity contribution in [2.24, 2.45) is 5.73 Å². The van der Waals surface area contributed by atoms with Crippen molar-refractivity contribution in [3.63, 3.8) is 0 Å². The normalized spacial score (nSPS) is 26.9. The minimum Gasteiger partial charge on any atom is -0.444 e. The smallest absolute Gasteiger partial charge is 0.410 e. The molecule has 4 nitrogen and oxygen atoms in total. The Bertz CT molecular complexity index is 235. The third kappa shape index (κ3) is 3.09. The highest BCUT2D eigenvalue weighted by Crippen LogP contribution is 2.21. The van der Waals surface area contributed by atoms with Crippen LogP contribution in [0.15, 0.2) is 0 Å². The average molecular weight is 214 g/mol. The van der Waals surface area contributed by atoms with E-state index >= 15 is 0 Å². The van der Waals surface area contributed by atoms with Crippen LogP contribution in [0.4, 0.5) is 4.79 Å². The average Bonchev–Trinajstić information content (AvgIpc) is 2.43. The number of nitrogens with two attached hydrogens (primary N) is 1. The number of amides is 1. The summed E-state index contributed by atoms with van der Waals surface area (Å²) in [5.41, 5.74) is 5.50. The van der Waals surface area contributed by atoms with Gasteiger partial charge in [0.2, 0.25) is 0 Å². The lowest BCUT2D eigenvalue weighted by Gasteiger charge is -2.29. The van der Waals surface area contributed by atoms with Crippen molar-refractivity contribution >= 4 is 6.09 Å². The molecule has 0 aliphatic carbocycles. The van der Waals surface area contributed by atoms with Crippen LogP contribution in [0.25, 0.3) is 0 Å². The second kappa shape index (κ2) is 4.39.